The molecule has 1 aliphatic rings. The second-order valence-electron chi connectivity index (χ2n) is 3.10. The molecule has 84 valence electrons. The topological polar surface area (TPSA) is 47.6 Å². The summed E-state index contributed by atoms with van der Waals surface area (Å²) in [6.07, 6.45) is 2.91. The highest BCUT2D eigenvalue weighted by Gasteiger charge is 2.11. The summed E-state index contributed by atoms with van der Waals surface area (Å²) in [6, 6.07) is 0. The number of hydrogen-bond acceptors (Lipinski definition) is 4. The van der Waals surface area contributed by atoms with E-state index in [-0.39, 0.29) is 5.97 Å². The van der Waals surface area contributed by atoms with Crippen LogP contribution in [0.2, 0.25) is 0 Å². The lowest BCUT2D eigenvalue weighted by molar-refractivity contribution is -0.137. The molecule has 0 aliphatic carbocycles. The summed E-state index contributed by atoms with van der Waals surface area (Å²) in [5, 5.41) is 3.29. The first-order chi connectivity index (χ1) is 6.70. The number of carbonyl (C=O) groups excluding carboxylic acids is 1. The van der Waals surface area contributed by atoms with E-state index in [1.165, 1.54) is 26.9 Å². The molecule has 0 radical (unpaired) electrons. The van der Waals surface area contributed by atoms with E-state index in [4.69, 9.17) is 4.74 Å². The van der Waals surface area contributed by atoms with E-state index in [0.717, 1.165) is 19.7 Å². The van der Waals surface area contributed by atoms with Gasteiger partial charge in [0, 0.05) is 13.5 Å². The van der Waals surface area contributed by atoms with Gasteiger partial charge in [0.25, 0.3) is 0 Å². The normalized spacial score (nSPS) is 16.8. The van der Waals surface area contributed by atoms with Crippen molar-refractivity contribution in [3.05, 3.63) is 0 Å². The van der Waals surface area contributed by atoms with E-state index in [2.05, 4.69) is 17.0 Å². The number of methoxy groups -OCH3 is 1. The molecule has 0 amide bonds. The van der Waals surface area contributed by atoms with Gasteiger partial charge in [-0.3, -0.25) is 4.79 Å². The van der Waals surface area contributed by atoms with Crippen LogP contribution in [-0.2, 0) is 14.3 Å². The molecule has 0 atom stereocenters. The van der Waals surface area contributed by atoms with Gasteiger partial charge in [-0.25, -0.2) is 0 Å². The van der Waals surface area contributed by atoms with Crippen molar-refractivity contribution in [3.63, 3.8) is 0 Å². The zero-order chi connectivity index (χ0) is 10.8. The molecule has 0 saturated carbocycles. The maximum absolute atomic E-state index is 9.59. The molecule has 1 fully saturated rings. The van der Waals surface area contributed by atoms with Crippen molar-refractivity contribution in [3.8, 4) is 0 Å². The minimum atomic E-state index is -0.245. The Bertz CT molecular complexity index is 142. The lowest BCUT2D eigenvalue weighted by Crippen LogP contribution is -2.32. The van der Waals surface area contributed by atoms with Crippen LogP contribution in [0.25, 0.3) is 0 Å². The Morgan fingerprint density at radius 1 is 1.43 bits per heavy atom. The van der Waals surface area contributed by atoms with E-state index in [0.29, 0.717) is 6.10 Å². The van der Waals surface area contributed by atoms with Gasteiger partial charge in [-0.05, 0) is 32.9 Å². The Balaban J connectivity index is 0.000000292. The molecule has 0 aromatic rings. The number of esters is 1. The molecule has 1 aliphatic heterocycles. The van der Waals surface area contributed by atoms with Gasteiger partial charge in [-0.1, -0.05) is 0 Å². The number of rotatable bonds is 2. The third-order valence-corrected chi connectivity index (χ3v) is 1.98. The van der Waals surface area contributed by atoms with E-state index < -0.39 is 0 Å². The van der Waals surface area contributed by atoms with Crippen molar-refractivity contribution < 1.29 is 14.3 Å². The molecule has 0 aromatic carbocycles. The van der Waals surface area contributed by atoms with Crippen molar-refractivity contribution >= 4 is 5.97 Å². The number of piperidine rings is 1. The fourth-order valence-corrected chi connectivity index (χ4v) is 1.20. The molecule has 1 saturated heterocycles. The SMILES string of the molecule is CCOC1CCNCC1.COC(C)=O. The summed E-state index contributed by atoms with van der Waals surface area (Å²) in [6.45, 7) is 6.54. The first kappa shape index (κ1) is 13.4. The van der Waals surface area contributed by atoms with Crippen molar-refractivity contribution in [2.75, 3.05) is 26.8 Å². The van der Waals surface area contributed by atoms with Crippen molar-refractivity contribution in [2.24, 2.45) is 0 Å². The predicted molar refractivity (Wildman–Crippen MR) is 55.2 cm³/mol. The Kier molecular flexibility index (Phi) is 8.57. The molecular weight excluding hydrogens is 182 g/mol. The molecule has 1 heterocycles. The fourth-order valence-electron chi connectivity index (χ4n) is 1.20. The monoisotopic (exact) mass is 203 g/mol. The van der Waals surface area contributed by atoms with Gasteiger partial charge in [0.15, 0.2) is 0 Å². The molecule has 1 N–H and O–H groups in total. The molecule has 4 nitrogen and oxygen atoms in total. The third-order valence-electron chi connectivity index (χ3n) is 1.98. The molecule has 0 spiro atoms. The van der Waals surface area contributed by atoms with Crippen molar-refractivity contribution in [1.29, 1.82) is 0 Å². The number of nitrogens with one attached hydrogen (secondary N) is 1. The Labute approximate surface area is 86.0 Å². The van der Waals surface area contributed by atoms with Gasteiger partial charge in [-0.15, -0.1) is 0 Å². The summed E-state index contributed by atoms with van der Waals surface area (Å²) in [5.74, 6) is -0.245. The van der Waals surface area contributed by atoms with Gasteiger partial charge in [0.1, 0.15) is 0 Å². The van der Waals surface area contributed by atoms with E-state index >= 15 is 0 Å². The van der Waals surface area contributed by atoms with Crippen LogP contribution in [-0.4, -0.2) is 38.9 Å². The van der Waals surface area contributed by atoms with Crippen LogP contribution in [0.4, 0.5) is 0 Å². The smallest absolute Gasteiger partial charge is 0.302 e. The zero-order valence-corrected chi connectivity index (χ0v) is 9.34. The van der Waals surface area contributed by atoms with Crippen LogP contribution in [0.3, 0.4) is 0 Å². The van der Waals surface area contributed by atoms with E-state index in [1.54, 1.807) is 0 Å². The molecule has 0 bridgehead atoms. The van der Waals surface area contributed by atoms with Crippen LogP contribution in [0.5, 0.6) is 0 Å². The quantitative estimate of drug-likeness (QED) is 0.679. The first-order valence-corrected chi connectivity index (χ1v) is 5.07. The maximum atomic E-state index is 9.59. The predicted octanol–water partition coefficient (Wildman–Crippen LogP) is 0.954. The number of carbonyl (C=O) groups is 1. The van der Waals surface area contributed by atoms with Crippen LogP contribution >= 0.6 is 0 Å². The lowest BCUT2D eigenvalue weighted by Gasteiger charge is -2.21. The van der Waals surface area contributed by atoms with E-state index in [9.17, 15) is 4.79 Å². The minimum Gasteiger partial charge on any atom is -0.469 e. The maximum Gasteiger partial charge on any atom is 0.302 e. The Hall–Kier alpha value is -0.610. The van der Waals surface area contributed by atoms with Crippen molar-refractivity contribution in [1.82, 2.24) is 5.32 Å². The van der Waals surface area contributed by atoms with Crippen LogP contribution in [0.15, 0.2) is 0 Å². The van der Waals surface area contributed by atoms with Crippen molar-refractivity contribution in [2.45, 2.75) is 32.8 Å². The highest BCUT2D eigenvalue weighted by Crippen LogP contribution is 2.05. The lowest BCUT2D eigenvalue weighted by atomic mass is 10.1. The second kappa shape index (κ2) is 8.97. The minimum absolute atomic E-state index is 0.245. The molecule has 4 heteroatoms. The summed E-state index contributed by atoms with van der Waals surface area (Å²) in [7, 11) is 1.35. The molecule has 1 rings (SSSR count). The van der Waals surface area contributed by atoms with Gasteiger partial charge < -0.3 is 14.8 Å². The summed E-state index contributed by atoms with van der Waals surface area (Å²) in [4.78, 5) is 9.59. The van der Waals surface area contributed by atoms with Gasteiger partial charge in [0.05, 0.1) is 13.2 Å². The fraction of sp³-hybridized carbons (Fsp3) is 0.900. The molecule has 0 aromatic heterocycles. The summed E-state index contributed by atoms with van der Waals surface area (Å²) >= 11 is 0. The van der Waals surface area contributed by atoms with Gasteiger partial charge >= 0.3 is 5.97 Å². The van der Waals surface area contributed by atoms with Crippen LogP contribution < -0.4 is 5.32 Å². The average molecular weight is 203 g/mol. The highest BCUT2D eigenvalue weighted by molar-refractivity contribution is 5.65. The van der Waals surface area contributed by atoms with E-state index in [1.807, 2.05) is 0 Å². The van der Waals surface area contributed by atoms with Crippen LogP contribution in [0.1, 0.15) is 26.7 Å². The summed E-state index contributed by atoms with van der Waals surface area (Å²) in [5.41, 5.74) is 0. The zero-order valence-electron chi connectivity index (χ0n) is 9.34. The standard InChI is InChI=1S/C7H15NO.C3H6O2/c1-2-9-7-3-5-8-6-4-7;1-3(4)5-2/h7-8H,2-6H2,1H3;1-2H3. The summed E-state index contributed by atoms with van der Waals surface area (Å²) < 4.78 is 9.55. The number of hydrogen-bond donors (Lipinski definition) is 1. The molecule has 0 unspecified atom stereocenters. The molecule has 14 heavy (non-hydrogen) atoms. The number of ether oxygens (including phenoxy) is 2. The Morgan fingerprint density at radius 2 is 1.93 bits per heavy atom. The van der Waals surface area contributed by atoms with Gasteiger partial charge in [0.2, 0.25) is 0 Å². The molecular formula is C10H21NO3. The second-order valence-corrected chi connectivity index (χ2v) is 3.10. The van der Waals surface area contributed by atoms with Crippen LogP contribution in [0, 0.1) is 0 Å². The first-order valence-electron chi connectivity index (χ1n) is 5.07. The highest BCUT2D eigenvalue weighted by atomic mass is 16.5. The van der Waals surface area contributed by atoms with Gasteiger partial charge in [-0.2, -0.15) is 0 Å². The Morgan fingerprint density at radius 3 is 2.29 bits per heavy atom. The third kappa shape index (κ3) is 8.01. The average Bonchev–Trinajstić information content (AvgIpc) is 2.21. The largest absolute Gasteiger partial charge is 0.469 e.